The molecule has 1 aromatic rings. The van der Waals surface area contributed by atoms with Gasteiger partial charge in [-0.2, -0.15) is 5.26 Å². The molecule has 4 nitrogen and oxygen atoms in total. The van der Waals surface area contributed by atoms with E-state index in [-0.39, 0.29) is 0 Å². The SMILES string of the molecule is CC1CCC(C)N(c2nccnc2C#N)C1. The summed E-state index contributed by atoms with van der Waals surface area (Å²) in [5, 5.41) is 9.02. The molecule has 84 valence electrons. The maximum Gasteiger partial charge on any atom is 0.183 e. The van der Waals surface area contributed by atoms with Crippen LogP contribution in [0.15, 0.2) is 12.4 Å². The summed E-state index contributed by atoms with van der Waals surface area (Å²) in [4.78, 5) is 10.6. The highest BCUT2D eigenvalue weighted by atomic mass is 15.2. The van der Waals surface area contributed by atoms with Crippen LogP contribution in [0.4, 0.5) is 5.82 Å². The number of rotatable bonds is 1. The molecule has 1 saturated heterocycles. The summed E-state index contributed by atoms with van der Waals surface area (Å²) in [7, 11) is 0. The van der Waals surface area contributed by atoms with Gasteiger partial charge in [0.2, 0.25) is 0 Å². The lowest BCUT2D eigenvalue weighted by atomic mass is 9.95. The fourth-order valence-electron chi connectivity index (χ4n) is 2.20. The van der Waals surface area contributed by atoms with Gasteiger partial charge in [0, 0.05) is 25.0 Å². The van der Waals surface area contributed by atoms with Gasteiger partial charge in [0.25, 0.3) is 0 Å². The summed E-state index contributed by atoms with van der Waals surface area (Å²) in [6.07, 6.45) is 5.63. The Labute approximate surface area is 95.9 Å². The van der Waals surface area contributed by atoms with Crippen molar-refractivity contribution in [1.29, 1.82) is 5.26 Å². The Bertz CT molecular complexity index is 410. The number of nitrogens with zero attached hydrogens (tertiary/aromatic N) is 4. The van der Waals surface area contributed by atoms with Crippen molar-refractivity contribution >= 4 is 5.82 Å². The van der Waals surface area contributed by atoms with Gasteiger partial charge in [0.05, 0.1) is 0 Å². The van der Waals surface area contributed by atoms with Crippen molar-refractivity contribution in [3.63, 3.8) is 0 Å². The van der Waals surface area contributed by atoms with E-state index in [2.05, 4.69) is 34.8 Å². The topological polar surface area (TPSA) is 52.8 Å². The Balaban J connectivity index is 2.32. The summed E-state index contributed by atoms with van der Waals surface area (Å²) in [5.74, 6) is 1.40. The number of piperidine rings is 1. The third-order valence-electron chi connectivity index (χ3n) is 3.17. The van der Waals surface area contributed by atoms with Crippen LogP contribution < -0.4 is 4.90 Å². The van der Waals surface area contributed by atoms with Crippen molar-refractivity contribution < 1.29 is 0 Å². The van der Waals surface area contributed by atoms with Crippen LogP contribution in [-0.2, 0) is 0 Å². The van der Waals surface area contributed by atoms with Crippen molar-refractivity contribution in [2.45, 2.75) is 32.7 Å². The molecule has 0 bridgehead atoms. The molecule has 0 aromatic carbocycles. The maximum absolute atomic E-state index is 9.02. The largest absolute Gasteiger partial charge is 0.351 e. The zero-order valence-electron chi connectivity index (χ0n) is 9.72. The summed E-state index contributed by atoms with van der Waals surface area (Å²) >= 11 is 0. The highest BCUT2D eigenvalue weighted by molar-refractivity contribution is 5.50. The highest BCUT2D eigenvalue weighted by Crippen LogP contribution is 2.27. The lowest BCUT2D eigenvalue weighted by Crippen LogP contribution is -2.42. The minimum absolute atomic E-state index is 0.434. The van der Waals surface area contributed by atoms with Gasteiger partial charge in [0.15, 0.2) is 11.5 Å². The summed E-state index contributed by atoms with van der Waals surface area (Å²) < 4.78 is 0. The van der Waals surface area contributed by atoms with Crippen molar-refractivity contribution in [3.8, 4) is 6.07 Å². The van der Waals surface area contributed by atoms with Crippen molar-refractivity contribution in [2.75, 3.05) is 11.4 Å². The van der Waals surface area contributed by atoms with Crippen LogP contribution >= 0.6 is 0 Å². The van der Waals surface area contributed by atoms with Gasteiger partial charge in [-0.1, -0.05) is 6.92 Å². The molecule has 0 N–H and O–H groups in total. The molecule has 2 heterocycles. The van der Waals surface area contributed by atoms with Gasteiger partial charge < -0.3 is 4.90 Å². The first-order valence-corrected chi connectivity index (χ1v) is 5.70. The number of nitriles is 1. The Morgan fingerprint density at radius 3 is 2.81 bits per heavy atom. The first-order valence-electron chi connectivity index (χ1n) is 5.70. The zero-order chi connectivity index (χ0) is 11.5. The Morgan fingerprint density at radius 2 is 2.06 bits per heavy atom. The van der Waals surface area contributed by atoms with E-state index in [4.69, 9.17) is 5.26 Å². The van der Waals surface area contributed by atoms with E-state index in [1.165, 1.54) is 6.42 Å². The van der Waals surface area contributed by atoms with Crippen molar-refractivity contribution in [3.05, 3.63) is 18.1 Å². The monoisotopic (exact) mass is 216 g/mol. The fraction of sp³-hybridized carbons (Fsp3) is 0.583. The van der Waals surface area contributed by atoms with Crippen LogP contribution in [0.3, 0.4) is 0 Å². The first-order chi connectivity index (χ1) is 7.72. The average molecular weight is 216 g/mol. The Hall–Kier alpha value is -1.63. The smallest absolute Gasteiger partial charge is 0.183 e. The molecular formula is C12H16N4. The molecule has 2 unspecified atom stereocenters. The number of hydrogen-bond donors (Lipinski definition) is 0. The van der Waals surface area contributed by atoms with E-state index in [0.717, 1.165) is 18.8 Å². The second-order valence-corrected chi connectivity index (χ2v) is 4.52. The van der Waals surface area contributed by atoms with Gasteiger partial charge in [-0.25, -0.2) is 9.97 Å². The third-order valence-corrected chi connectivity index (χ3v) is 3.17. The molecule has 0 aliphatic carbocycles. The lowest BCUT2D eigenvalue weighted by Gasteiger charge is -2.37. The van der Waals surface area contributed by atoms with Gasteiger partial charge >= 0.3 is 0 Å². The van der Waals surface area contributed by atoms with E-state index < -0.39 is 0 Å². The molecule has 1 fully saturated rings. The molecular weight excluding hydrogens is 200 g/mol. The van der Waals surface area contributed by atoms with Crippen LogP contribution in [0.2, 0.25) is 0 Å². The third kappa shape index (κ3) is 1.99. The number of hydrogen-bond acceptors (Lipinski definition) is 4. The number of aromatic nitrogens is 2. The predicted molar refractivity (Wildman–Crippen MR) is 62.0 cm³/mol. The second kappa shape index (κ2) is 4.48. The summed E-state index contributed by atoms with van der Waals surface area (Å²) in [5.41, 5.74) is 0.434. The van der Waals surface area contributed by atoms with Gasteiger partial charge in [0.1, 0.15) is 6.07 Å². The van der Waals surface area contributed by atoms with E-state index >= 15 is 0 Å². The molecule has 0 amide bonds. The summed E-state index contributed by atoms with van der Waals surface area (Å²) in [6, 6.07) is 2.56. The molecule has 0 saturated carbocycles. The second-order valence-electron chi connectivity index (χ2n) is 4.52. The van der Waals surface area contributed by atoms with Crippen LogP contribution in [0.25, 0.3) is 0 Å². The zero-order valence-corrected chi connectivity index (χ0v) is 9.72. The Kier molecular flexibility index (Phi) is 3.04. The van der Waals surface area contributed by atoms with E-state index in [9.17, 15) is 0 Å². The maximum atomic E-state index is 9.02. The molecule has 2 atom stereocenters. The van der Waals surface area contributed by atoms with Gasteiger partial charge in [-0.15, -0.1) is 0 Å². The minimum Gasteiger partial charge on any atom is -0.351 e. The van der Waals surface area contributed by atoms with Crippen LogP contribution in [0.1, 0.15) is 32.4 Å². The quantitative estimate of drug-likeness (QED) is 0.720. The lowest BCUT2D eigenvalue weighted by molar-refractivity contribution is 0.387. The van der Waals surface area contributed by atoms with Crippen LogP contribution in [-0.4, -0.2) is 22.6 Å². The van der Waals surface area contributed by atoms with Crippen LogP contribution in [0.5, 0.6) is 0 Å². The molecule has 1 aromatic heterocycles. The molecule has 4 heteroatoms. The van der Waals surface area contributed by atoms with Gasteiger partial charge in [-0.3, -0.25) is 0 Å². The van der Waals surface area contributed by atoms with E-state index in [1.54, 1.807) is 12.4 Å². The molecule has 0 radical (unpaired) electrons. The normalized spacial score (nSPS) is 25.2. The fourth-order valence-corrected chi connectivity index (χ4v) is 2.20. The molecule has 0 spiro atoms. The van der Waals surface area contributed by atoms with Crippen molar-refractivity contribution in [1.82, 2.24) is 9.97 Å². The average Bonchev–Trinajstić information content (AvgIpc) is 2.32. The first kappa shape index (κ1) is 10.9. The molecule has 1 aliphatic heterocycles. The Morgan fingerprint density at radius 1 is 1.31 bits per heavy atom. The number of anilines is 1. The minimum atomic E-state index is 0.434. The van der Waals surface area contributed by atoms with Gasteiger partial charge in [-0.05, 0) is 25.7 Å². The van der Waals surface area contributed by atoms with Crippen molar-refractivity contribution in [2.24, 2.45) is 5.92 Å². The van der Waals surface area contributed by atoms with E-state index in [1.807, 2.05) is 0 Å². The molecule has 1 aliphatic rings. The molecule has 16 heavy (non-hydrogen) atoms. The van der Waals surface area contributed by atoms with Crippen LogP contribution in [0, 0.1) is 17.2 Å². The predicted octanol–water partition coefficient (Wildman–Crippen LogP) is 1.97. The van der Waals surface area contributed by atoms with E-state index in [0.29, 0.717) is 17.7 Å². The molecule has 2 rings (SSSR count). The highest BCUT2D eigenvalue weighted by Gasteiger charge is 2.25. The summed E-state index contributed by atoms with van der Waals surface area (Å²) in [6.45, 7) is 5.39. The standard InChI is InChI=1S/C12H16N4/c1-9-3-4-10(2)16(8-9)12-11(7-13)14-5-6-15-12/h5-6,9-10H,3-4,8H2,1-2H3.